The lowest BCUT2D eigenvalue weighted by molar-refractivity contribution is 0.291. The van der Waals surface area contributed by atoms with Crippen molar-refractivity contribution in [3.05, 3.63) is 51.0 Å². The molecule has 1 aliphatic carbocycles. The van der Waals surface area contributed by atoms with Crippen molar-refractivity contribution >= 4 is 41.6 Å². The van der Waals surface area contributed by atoms with Crippen molar-refractivity contribution in [1.82, 2.24) is 14.9 Å². The van der Waals surface area contributed by atoms with Crippen molar-refractivity contribution in [2.24, 2.45) is 11.0 Å². The summed E-state index contributed by atoms with van der Waals surface area (Å²) >= 11 is 17.4. The Morgan fingerprint density at radius 1 is 1.38 bits per heavy atom. The first-order valence-corrected chi connectivity index (χ1v) is 8.74. The van der Waals surface area contributed by atoms with Gasteiger partial charge in [-0.25, -0.2) is 5.10 Å². The molecule has 2 aromatic rings. The van der Waals surface area contributed by atoms with Gasteiger partial charge in [-0.3, -0.25) is 0 Å². The fourth-order valence-electron chi connectivity index (χ4n) is 2.41. The van der Waals surface area contributed by atoms with E-state index >= 15 is 0 Å². The molecule has 1 atom stereocenters. The lowest BCUT2D eigenvalue weighted by Crippen LogP contribution is -2.08. The molecule has 0 saturated carbocycles. The maximum atomic E-state index is 6.10. The SMILES string of the molecule is S=c1[nH]nc(COc2c(Cl)cccc2Cl)n1/N=C\[C@H]1CC=CCC1. The highest BCUT2D eigenvalue weighted by Gasteiger charge is 2.12. The Hall–Kier alpha value is -1.63. The molecule has 24 heavy (non-hydrogen) atoms. The van der Waals surface area contributed by atoms with Gasteiger partial charge in [0.05, 0.1) is 10.0 Å². The number of nitrogens with one attached hydrogen (secondary N) is 1. The van der Waals surface area contributed by atoms with Gasteiger partial charge in [-0.1, -0.05) is 41.4 Å². The van der Waals surface area contributed by atoms with Gasteiger partial charge < -0.3 is 4.74 Å². The van der Waals surface area contributed by atoms with Gasteiger partial charge in [0.25, 0.3) is 0 Å². The number of allylic oxidation sites excluding steroid dienone is 2. The maximum Gasteiger partial charge on any atom is 0.216 e. The summed E-state index contributed by atoms with van der Waals surface area (Å²) in [5, 5.41) is 12.2. The van der Waals surface area contributed by atoms with E-state index in [2.05, 4.69) is 27.5 Å². The third kappa shape index (κ3) is 4.06. The second kappa shape index (κ2) is 7.96. The number of halogens is 2. The van der Waals surface area contributed by atoms with Crippen molar-refractivity contribution in [3.8, 4) is 5.75 Å². The van der Waals surface area contributed by atoms with E-state index in [9.17, 15) is 0 Å². The van der Waals surface area contributed by atoms with Crippen LogP contribution in [0.4, 0.5) is 0 Å². The van der Waals surface area contributed by atoms with E-state index in [0.29, 0.717) is 32.3 Å². The van der Waals surface area contributed by atoms with Crippen LogP contribution in [0.1, 0.15) is 25.1 Å². The van der Waals surface area contributed by atoms with Gasteiger partial charge in [0.2, 0.25) is 4.77 Å². The molecule has 0 unspecified atom stereocenters. The van der Waals surface area contributed by atoms with Gasteiger partial charge in [0, 0.05) is 6.21 Å². The summed E-state index contributed by atoms with van der Waals surface area (Å²) in [4.78, 5) is 0. The van der Waals surface area contributed by atoms with E-state index in [0.717, 1.165) is 19.3 Å². The highest BCUT2D eigenvalue weighted by molar-refractivity contribution is 7.71. The Balaban J connectivity index is 1.74. The topological polar surface area (TPSA) is 55.2 Å². The molecule has 1 aliphatic rings. The number of nitrogens with zero attached hydrogens (tertiary/aromatic N) is 3. The summed E-state index contributed by atoms with van der Waals surface area (Å²) in [5.74, 6) is 1.39. The number of ether oxygens (including phenoxy) is 1. The molecule has 0 aliphatic heterocycles. The van der Waals surface area contributed by atoms with Gasteiger partial charge in [0.1, 0.15) is 6.61 Å². The van der Waals surface area contributed by atoms with Crippen LogP contribution in [0.3, 0.4) is 0 Å². The predicted molar refractivity (Wildman–Crippen MR) is 98.6 cm³/mol. The molecular weight excluding hydrogens is 367 g/mol. The molecule has 8 heteroatoms. The second-order valence-electron chi connectivity index (χ2n) is 5.41. The van der Waals surface area contributed by atoms with Gasteiger partial charge in [-0.2, -0.15) is 14.9 Å². The van der Waals surface area contributed by atoms with Crippen molar-refractivity contribution < 1.29 is 4.74 Å². The van der Waals surface area contributed by atoms with Crippen molar-refractivity contribution in [1.29, 1.82) is 0 Å². The molecule has 1 aromatic carbocycles. The summed E-state index contributed by atoms with van der Waals surface area (Å²) in [6.45, 7) is 0.151. The molecule has 1 aromatic heterocycles. The van der Waals surface area contributed by atoms with Gasteiger partial charge in [-0.05, 0) is 49.5 Å². The molecule has 126 valence electrons. The first kappa shape index (κ1) is 17.2. The molecule has 1 N–H and O–H groups in total. The zero-order valence-corrected chi connectivity index (χ0v) is 15.1. The van der Waals surface area contributed by atoms with Crippen LogP contribution in [0.25, 0.3) is 0 Å². The largest absolute Gasteiger partial charge is 0.482 e. The van der Waals surface area contributed by atoms with Crippen molar-refractivity contribution in [2.45, 2.75) is 25.9 Å². The average Bonchev–Trinajstić information content (AvgIpc) is 2.93. The Morgan fingerprint density at radius 3 is 2.88 bits per heavy atom. The molecular formula is C16H16Cl2N4OS. The van der Waals surface area contributed by atoms with Crippen LogP contribution in [0.2, 0.25) is 10.0 Å². The summed E-state index contributed by atoms with van der Waals surface area (Å²) in [7, 11) is 0. The zero-order valence-electron chi connectivity index (χ0n) is 12.8. The molecule has 3 rings (SSSR count). The molecule has 1 heterocycles. The molecule has 0 amide bonds. The van der Waals surface area contributed by atoms with Gasteiger partial charge in [0.15, 0.2) is 11.6 Å². The predicted octanol–water partition coefficient (Wildman–Crippen LogP) is 5.02. The summed E-state index contributed by atoms with van der Waals surface area (Å²) < 4.78 is 7.69. The lowest BCUT2D eigenvalue weighted by atomic mass is 9.96. The van der Waals surface area contributed by atoms with Crippen molar-refractivity contribution in [3.63, 3.8) is 0 Å². The molecule has 0 spiro atoms. The zero-order chi connectivity index (χ0) is 16.9. The minimum absolute atomic E-state index is 0.151. The molecule has 0 fully saturated rings. The highest BCUT2D eigenvalue weighted by atomic mass is 35.5. The quantitative estimate of drug-likeness (QED) is 0.448. The number of benzene rings is 1. The Morgan fingerprint density at radius 2 is 2.17 bits per heavy atom. The number of H-pyrrole nitrogens is 1. The van der Waals surface area contributed by atoms with Gasteiger partial charge in [-0.15, -0.1) is 0 Å². The maximum absolute atomic E-state index is 6.10. The third-order valence-corrected chi connectivity index (χ3v) is 4.54. The Bertz CT molecular complexity index is 807. The minimum atomic E-state index is 0.151. The van der Waals surface area contributed by atoms with E-state index in [-0.39, 0.29) is 6.61 Å². The van der Waals surface area contributed by atoms with Crippen LogP contribution in [0.5, 0.6) is 5.75 Å². The smallest absolute Gasteiger partial charge is 0.216 e. The van der Waals surface area contributed by atoms with Crippen LogP contribution in [-0.4, -0.2) is 21.1 Å². The molecule has 0 radical (unpaired) electrons. The van der Waals surface area contributed by atoms with E-state index in [4.69, 9.17) is 40.2 Å². The normalized spacial score (nSPS) is 17.5. The molecule has 0 bridgehead atoms. The summed E-state index contributed by atoms with van der Waals surface area (Å²) in [6.07, 6.45) is 9.45. The van der Waals surface area contributed by atoms with Crippen LogP contribution in [0, 0.1) is 10.7 Å². The van der Waals surface area contributed by atoms with Crippen molar-refractivity contribution in [2.75, 3.05) is 0 Å². The number of hydrogen-bond acceptors (Lipinski definition) is 4. The van der Waals surface area contributed by atoms with Crippen LogP contribution in [-0.2, 0) is 6.61 Å². The lowest BCUT2D eigenvalue weighted by Gasteiger charge is -2.12. The third-order valence-electron chi connectivity index (χ3n) is 3.68. The van der Waals surface area contributed by atoms with E-state index in [1.54, 1.807) is 22.9 Å². The first-order chi connectivity index (χ1) is 11.6. The fraction of sp³-hybridized carbons (Fsp3) is 0.312. The highest BCUT2D eigenvalue weighted by Crippen LogP contribution is 2.32. The van der Waals surface area contributed by atoms with Gasteiger partial charge >= 0.3 is 0 Å². The fourth-order valence-corrected chi connectivity index (χ4v) is 3.11. The van der Waals surface area contributed by atoms with E-state index in [1.807, 2.05) is 6.21 Å². The summed E-state index contributed by atoms with van der Waals surface area (Å²) in [5.41, 5.74) is 0. The number of aromatic nitrogens is 3. The van der Waals surface area contributed by atoms with E-state index in [1.165, 1.54) is 0 Å². The Labute approximate surface area is 154 Å². The number of hydrogen-bond donors (Lipinski definition) is 1. The minimum Gasteiger partial charge on any atom is -0.482 e. The standard InChI is InChI=1S/C16H16Cl2N4OS/c17-12-7-4-8-13(18)15(12)23-10-14-20-21-16(24)22(14)19-9-11-5-2-1-3-6-11/h1-2,4,7-9,11H,3,5-6,10H2,(H,21,24)/b19-9-/t11-/m0/s1. The number of para-hydroxylation sites is 1. The van der Waals surface area contributed by atoms with Crippen LogP contribution < -0.4 is 4.74 Å². The van der Waals surface area contributed by atoms with Crippen LogP contribution >= 0.6 is 35.4 Å². The first-order valence-electron chi connectivity index (χ1n) is 7.57. The molecule has 5 nitrogen and oxygen atoms in total. The average molecular weight is 383 g/mol. The van der Waals surface area contributed by atoms with Crippen LogP contribution in [0.15, 0.2) is 35.5 Å². The monoisotopic (exact) mass is 382 g/mol. The van der Waals surface area contributed by atoms with E-state index < -0.39 is 0 Å². The number of aromatic amines is 1. The molecule has 0 saturated heterocycles. The second-order valence-corrected chi connectivity index (χ2v) is 6.61. The number of rotatable bonds is 5. The Kier molecular flexibility index (Phi) is 5.71. The summed E-state index contributed by atoms with van der Waals surface area (Å²) in [6, 6.07) is 5.19.